The summed E-state index contributed by atoms with van der Waals surface area (Å²) in [5.41, 5.74) is 3.02. The van der Waals surface area contributed by atoms with Crippen molar-refractivity contribution in [2.45, 2.75) is 26.7 Å². The zero-order chi connectivity index (χ0) is 13.0. The number of carbonyl (C=O) groups is 1. The average Bonchev–Trinajstić information content (AvgIpc) is 2.75. The third-order valence-electron chi connectivity index (χ3n) is 2.65. The number of nitrogens with zero attached hydrogens (tertiary/aromatic N) is 1. The smallest absolute Gasteiger partial charge is 0.231 e. The van der Waals surface area contributed by atoms with Crippen LogP contribution in [0.15, 0.2) is 29.6 Å². The van der Waals surface area contributed by atoms with E-state index in [1.54, 1.807) is 0 Å². The molecule has 0 saturated carbocycles. The van der Waals surface area contributed by atoms with Gasteiger partial charge in [0, 0.05) is 16.8 Å². The molecule has 18 heavy (non-hydrogen) atoms. The summed E-state index contributed by atoms with van der Waals surface area (Å²) in [7, 11) is 0. The Hall–Kier alpha value is -1.68. The molecule has 2 aromatic rings. The normalized spacial score (nSPS) is 10.3. The molecule has 94 valence electrons. The minimum absolute atomic E-state index is 0.00903. The molecule has 2 rings (SSSR count). The summed E-state index contributed by atoms with van der Waals surface area (Å²) >= 11 is 1.53. The molecule has 4 heteroatoms. The van der Waals surface area contributed by atoms with Gasteiger partial charge in [-0.15, -0.1) is 11.3 Å². The van der Waals surface area contributed by atoms with E-state index in [2.05, 4.69) is 17.2 Å². The second-order valence-corrected chi connectivity index (χ2v) is 5.06. The molecule has 1 N–H and O–H groups in total. The van der Waals surface area contributed by atoms with Crippen molar-refractivity contribution in [2.24, 2.45) is 0 Å². The van der Waals surface area contributed by atoms with Crippen LogP contribution >= 0.6 is 11.3 Å². The Kier molecular flexibility index (Phi) is 4.10. The van der Waals surface area contributed by atoms with Crippen LogP contribution in [0.1, 0.15) is 23.2 Å². The molecule has 0 atom stereocenters. The molecular weight excluding hydrogens is 244 g/mol. The Morgan fingerprint density at radius 3 is 2.83 bits per heavy atom. The first kappa shape index (κ1) is 12.8. The Morgan fingerprint density at radius 2 is 2.17 bits per heavy atom. The monoisotopic (exact) mass is 260 g/mol. The minimum atomic E-state index is -0.00903. The quantitative estimate of drug-likeness (QED) is 0.917. The molecular formula is C14H16N2OS. The number of hydrogen-bond acceptors (Lipinski definition) is 3. The molecule has 0 saturated heterocycles. The van der Waals surface area contributed by atoms with Crippen LogP contribution < -0.4 is 5.32 Å². The van der Waals surface area contributed by atoms with E-state index in [0.29, 0.717) is 6.42 Å². The number of carbonyl (C=O) groups excluding carboxylic acids is 1. The second kappa shape index (κ2) is 5.78. The van der Waals surface area contributed by atoms with Crippen LogP contribution in [0.5, 0.6) is 0 Å². The molecule has 0 aliphatic rings. The lowest BCUT2D eigenvalue weighted by atomic mass is 10.1. The van der Waals surface area contributed by atoms with Gasteiger partial charge in [-0.2, -0.15) is 0 Å². The fourth-order valence-electron chi connectivity index (χ4n) is 1.77. The van der Waals surface area contributed by atoms with Crippen molar-refractivity contribution in [3.8, 4) is 0 Å². The lowest BCUT2D eigenvalue weighted by molar-refractivity contribution is -0.115. The third kappa shape index (κ3) is 3.17. The maximum absolute atomic E-state index is 11.9. The second-order valence-electron chi connectivity index (χ2n) is 4.12. The van der Waals surface area contributed by atoms with Crippen molar-refractivity contribution in [3.05, 3.63) is 45.9 Å². The van der Waals surface area contributed by atoms with Crippen molar-refractivity contribution in [3.63, 3.8) is 0 Å². The first-order chi connectivity index (χ1) is 8.69. The summed E-state index contributed by atoms with van der Waals surface area (Å²) in [6.07, 6.45) is 1.25. The standard InChI is InChI=1S/C14H16N2OS/c1-3-11-6-4-5-7-12(11)16-13(17)8-14-15-10(2)9-18-14/h4-7,9H,3,8H2,1-2H3,(H,16,17). The van der Waals surface area contributed by atoms with Gasteiger partial charge in [0.2, 0.25) is 5.91 Å². The predicted molar refractivity (Wildman–Crippen MR) is 75.0 cm³/mol. The Labute approximate surface area is 111 Å². The number of hydrogen-bond donors (Lipinski definition) is 1. The topological polar surface area (TPSA) is 42.0 Å². The molecule has 1 aromatic carbocycles. The van der Waals surface area contributed by atoms with E-state index < -0.39 is 0 Å². The van der Waals surface area contributed by atoms with E-state index in [1.807, 2.05) is 36.6 Å². The maximum Gasteiger partial charge on any atom is 0.231 e. The lowest BCUT2D eigenvalue weighted by Gasteiger charge is -2.08. The van der Waals surface area contributed by atoms with Gasteiger partial charge in [-0.05, 0) is 25.0 Å². The summed E-state index contributed by atoms with van der Waals surface area (Å²) in [5.74, 6) is -0.00903. The van der Waals surface area contributed by atoms with Crippen LogP contribution in [0.2, 0.25) is 0 Å². The molecule has 1 heterocycles. The highest BCUT2D eigenvalue weighted by Gasteiger charge is 2.08. The fraction of sp³-hybridized carbons (Fsp3) is 0.286. The van der Waals surface area contributed by atoms with Crippen molar-refractivity contribution < 1.29 is 4.79 Å². The Balaban J connectivity index is 2.03. The van der Waals surface area contributed by atoms with Gasteiger partial charge in [0.15, 0.2) is 0 Å². The van der Waals surface area contributed by atoms with Gasteiger partial charge in [0.05, 0.1) is 6.42 Å². The van der Waals surface area contributed by atoms with Crippen molar-refractivity contribution >= 4 is 22.9 Å². The molecule has 0 unspecified atom stereocenters. The van der Waals surface area contributed by atoms with Gasteiger partial charge < -0.3 is 5.32 Å². The van der Waals surface area contributed by atoms with E-state index in [4.69, 9.17) is 0 Å². The van der Waals surface area contributed by atoms with Crippen molar-refractivity contribution in [1.29, 1.82) is 0 Å². The number of para-hydroxylation sites is 1. The highest BCUT2D eigenvalue weighted by molar-refractivity contribution is 7.09. The lowest BCUT2D eigenvalue weighted by Crippen LogP contribution is -2.15. The highest BCUT2D eigenvalue weighted by atomic mass is 32.1. The summed E-state index contributed by atoms with van der Waals surface area (Å²) in [6.45, 7) is 4.01. The van der Waals surface area contributed by atoms with E-state index in [1.165, 1.54) is 11.3 Å². The van der Waals surface area contributed by atoms with Gasteiger partial charge >= 0.3 is 0 Å². The van der Waals surface area contributed by atoms with Gasteiger partial charge in [-0.1, -0.05) is 25.1 Å². The van der Waals surface area contributed by atoms with Gasteiger partial charge in [0.1, 0.15) is 5.01 Å². The van der Waals surface area contributed by atoms with E-state index in [-0.39, 0.29) is 5.91 Å². The zero-order valence-corrected chi connectivity index (χ0v) is 11.4. The number of amides is 1. The number of aromatic nitrogens is 1. The number of benzene rings is 1. The van der Waals surface area contributed by atoms with E-state index >= 15 is 0 Å². The molecule has 0 aliphatic heterocycles. The molecule has 1 amide bonds. The molecule has 0 bridgehead atoms. The Bertz CT molecular complexity index is 548. The SMILES string of the molecule is CCc1ccccc1NC(=O)Cc1nc(C)cs1. The Morgan fingerprint density at radius 1 is 1.39 bits per heavy atom. The minimum Gasteiger partial charge on any atom is -0.325 e. The van der Waals surface area contributed by atoms with E-state index in [0.717, 1.165) is 28.4 Å². The largest absolute Gasteiger partial charge is 0.325 e. The number of aryl methyl sites for hydroxylation is 2. The average molecular weight is 260 g/mol. The van der Waals surface area contributed by atoms with Crippen LogP contribution in [0.4, 0.5) is 5.69 Å². The van der Waals surface area contributed by atoms with Gasteiger partial charge in [-0.25, -0.2) is 4.98 Å². The first-order valence-electron chi connectivity index (χ1n) is 5.97. The third-order valence-corrected chi connectivity index (χ3v) is 3.62. The molecule has 0 spiro atoms. The van der Waals surface area contributed by atoms with Crippen LogP contribution in [0.25, 0.3) is 0 Å². The fourth-order valence-corrected chi connectivity index (χ4v) is 2.54. The first-order valence-corrected chi connectivity index (χ1v) is 6.85. The summed E-state index contributed by atoms with van der Waals surface area (Å²) in [4.78, 5) is 16.2. The predicted octanol–water partition coefficient (Wildman–Crippen LogP) is 3.20. The van der Waals surface area contributed by atoms with Crippen LogP contribution in [0.3, 0.4) is 0 Å². The van der Waals surface area contributed by atoms with Crippen molar-refractivity contribution in [1.82, 2.24) is 4.98 Å². The molecule has 1 aromatic heterocycles. The molecule has 0 radical (unpaired) electrons. The maximum atomic E-state index is 11.9. The molecule has 0 aliphatic carbocycles. The number of thiazole rings is 1. The summed E-state index contributed by atoms with van der Waals surface area (Å²) in [6, 6.07) is 7.88. The number of nitrogens with one attached hydrogen (secondary N) is 1. The summed E-state index contributed by atoms with van der Waals surface area (Å²) < 4.78 is 0. The van der Waals surface area contributed by atoms with Crippen LogP contribution in [-0.2, 0) is 17.6 Å². The molecule has 3 nitrogen and oxygen atoms in total. The number of rotatable bonds is 4. The summed E-state index contributed by atoms with van der Waals surface area (Å²) in [5, 5.41) is 5.77. The number of anilines is 1. The van der Waals surface area contributed by atoms with E-state index in [9.17, 15) is 4.79 Å². The van der Waals surface area contributed by atoms with Gasteiger partial charge in [-0.3, -0.25) is 4.79 Å². The van der Waals surface area contributed by atoms with Crippen LogP contribution in [-0.4, -0.2) is 10.9 Å². The zero-order valence-electron chi connectivity index (χ0n) is 10.6. The highest BCUT2D eigenvalue weighted by Crippen LogP contribution is 2.16. The van der Waals surface area contributed by atoms with Gasteiger partial charge in [0.25, 0.3) is 0 Å². The molecule has 0 fully saturated rings. The van der Waals surface area contributed by atoms with Crippen LogP contribution in [0, 0.1) is 6.92 Å². The van der Waals surface area contributed by atoms with Crippen molar-refractivity contribution in [2.75, 3.05) is 5.32 Å².